The van der Waals surface area contributed by atoms with Gasteiger partial charge in [-0.15, -0.1) is 0 Å². The molecular formula is C16H27NO5. The van der Waals surface area contributed by atoms with Crippen molar-refractivity contribution in [3.8, 4) is 0 Å². The monoisotopic (exact) mass is 313 g/mol. The number of carbonyl (C=O) groups is 2. The Kier molecular flexibility index (Phi) is 7.03. The van der Waals surface area contributed by atoms with Crippen molar-refractivity contribution in [3.63, 3.8) is 0 Å². The second-order valence-electron chi connectivity index (χ2n) is 5.87. The molecule has 1 aliphatic rings. The first-order valence-corrected chi connectivity index (χ1v) is 7.66. The molecule has 0 radical (unpaired) electrons. The molecule has 0 spiro atoms. The van der Waals surface area contributed by atoms with Gasteiger partial charge in [0.05, 0.1) is 12.2 Å². The van der Waals surface area contributed by atoms with Gasteiger partial charge < -0.3 is 19.9 Å². The fourth-order valence-electron chi connectivity index (χ4n) is 3.24. The first kappa shape index (κ1) is 18.6. The van der Waals surface area contributed by atoms with Crippen LogP contribution in [0.15, 0.2) is 12.7 Å². The molecule has 1 rings (SSSR count). The molecule has 1 aliphatic carbocycles. The van der Waals surface area contributed by atoms with Gasteiger partial charge in [0, 0.05) is 14.2 Å². The van der Waals surface area contributed by atoms with Crippen LogP contribution in [0.5, 0.6) is 0 Å². The number of carboxylic acid groups (broad SMARTS) is 1. The summed E-state index contributed by atoms with van der Waals surface area (Å²) in [7, 11) is 3.30. The summed E-state index contributed by atoms with van der Waals surface area (Å²) in [5.41, 5.74) is -1.26. The molecule has 1 amide bonds. The van der Waals surface area contributed by atoms with E-state index < -0.39 is 17.4 Å². The lowest BCUT2D eigenvalue weighted by atomic mass is 9.76. The van der Waals surface area contributed by atoms with E-state index in [1.165, 1.54) is 0 Å². The minimum atomic E-state index is -1.26. The zero-order chi connectivity index (χ0) is 16.8. The predicted molar refractivity (Wildman–Crippen MR) is 82.5 cm³/mol. The van der Waals surface area contributed by atoms with Gasteiger partial charge in [-0.2, -0.15) is 0 Å². The van der Waals surface area contributed by atoms with E-state index in [0.29, 0.717) is 12.8 Å². The van der Waals surface area contributed by atoms with Crippen molar-refractivity contribution in [3.05, 3.63) is 12.7 Å². The average molecular weight is 313 g/mol. The Labute approximate surface area is 131 Å². The van der Waals surface area contributed by atoms with Crippen molar-refractivity contribution in [2.24, 2.45) is 5.92 Å². The van der Waals surface area contributed by atoms with Crippen LogP contribution in [0.2, 0.25) is 0 Å². The lowest BCUT2D eigenvalue weighted by molar-refractivity contribution is -0.149. The number of hydrogen-bond acceptors (Lipinski definition) is 4. The SMILES string of the molecule is C=CC(=O)NC(CC)(CC1CCC(OC)C(OC)C1)C(=O)O. The van der Waals surface area contributed by atoms with Crippen LogP contribution in [0.1, 0.15) is 39.0 Å². The second-order valence-corrected chi connectivity index (χ2v) is 5.87. The van der Waals surface area contributed by atoms with E-state index in [1.807, 2.05) is 0 Å². The highest BCUT2D eigenvalue weighted by atomic mass is 16.5. The van der Waals surface area contributed by atoms with Gasteiger partial charge in [-0.1, -0.05) is 13.5 Å². The van der Waals surface area contributed by atoms with Crippen molar-refractivity contribution >= 4 is 11.9 Å². The number of ether oxygens (including phenoxy) is 2. The Balaban J connectivity index is 2.84. The quantitative estimate of drug-likeness (QED) is 0.667. The fraction of sp³-hybridized carbons (Fsp3) is 0.750. The maximum atomic E-state index is 11.7. The molecule has 6 nitrogen and oxygen atoms in total. The molecule has 0 saturated heterocycles. The summed E-state index contributed by atoms with van der Waals surface area (Å²) >= 11 is 0. The van der Waals surface area contributed by atoms with Crippen LogP contribution in [0.3, 0.4) is 0 Å². The lowest BCUT2D eigenvalue weighted by Crippen LogP contribution is -2.55. The van der Waals surface area contributed by atoms with Crippen molar-refractivity contribution in [1.29, 1.82) is 0 Å². The minimum absolute atomic E-state index is 0.0396. The Hall–Kier alpha value is -1.40. The van der Waals surface area contributed by atoms with Crippen LogP contribution in [-0.2, 0) is 19.1 Å². The summed E-state index contributed by atoms with van der Waals surface area (Å²) in [4.78, 5) is 23.4. The van der Waals surface area contributed by atoms with Gasteiger partial charge >= 0.3 is 5.97 Å². The van der Waals surface area contributed by atoms with E-state index in [-0.39, 0.29) is 18.1 Å². The molecule has 4 unspecified atom stereocenters. The molecule has 0 bridgehead atoms. The van der Waals surface area contributed by atoms with Gasteiger partial charge in [-0.05, 0) is 44.1 Å². The topological polar surface area (TPSA) is 84.9 Å². The first-order valence-electron chi connectivity index (χ1n) is 7.66. The van der Waals surface area contributed by atoms with E-state index in [1.54, 1.807) is 21.1 Å². The van der Waals surface area contributed by atoms with Crippen LogP contribution in [0, 0.1) is 5.92 Å². The van der Waals surface area contributed by atoms with E-state index in [4.69, 9.17) is 9.47 Å². The molecule has 0 heterocycles. The van der Waals surface area contributed by atoms with Crippen molar-refractivity contribution < 1.29 is 24.2 Å². The highest BCUT2D eigenvalue weighted by molar-refractivity contribution is 5.92. The summed E-state index contributed by atoms with van der Waals surface area (Å²) in [5.74, 6) is -1.30. The number of amides is 1. The molecule has 126 valence electrons. The summed E-state index contributed by atoms with van der Waals surface area (Å²) in [6.07, 6.45) is 4.23. The Bertz CT molecular complexity index is 411. The molecule has 0 aromatic carbocycles. The first-order chi connectivity index (χ1) is 10.4. The molecule has 6 heteroatoms. The summed E-state index contributed by atoms with van der Waals surface area (Å²) < 4.78 is 10.9. The predicted octanol–water partition coefficient (Wildman–Crippen LogP) is 1.74. The van der Waals surface area contributed by atoms with Gasteiger partial charge in [-0.3, -0.25) is 4.79 Å². The average Bonchev–Trinajstić information content (AvgIpc) is 2.53. The van der Waals surface area contributed by atoms with Gasteiger partial charge in [0.1, 0.15) is 5.54 Å². The zero-order valence-corrected chi connectivity index (χ0v) is 13.6. The van der Waals surface area contributed by atoms with Gasteiger partial charge in [0.2, 0.25) is 5.91 Å². The Morgan fingerprint density at radius 3 is 2.41 bits per heavy atom. The van der Waals surface area contributed by atoms with Crippen LogP contribution in [-0.4, -0.2) is 48.9 Å². The summed E-state index contributed by atoms with van der Waals surface area (Å²) in [5, 5.41) is 12.2. The van der Waals surface area contributed by atoms with Crippen LogP contribution < -0.4 is 5.32 Å². The number of hydrogen-bond donors (Lipinski definition) is 2. The van der Waals surface area contributed by atoms with E-state index >= 15 is 0 Å². The van der Waals surface area contributed by atoms with E-state index in [9.17, 15) is 14.7 Å². The van der Waals surface area contributed by atoms with Crippen LogP contribution in [0.25, 0.3) is 0 Å². The molecular weight excluding hydrogens is 286 g/mol. The highest BCUT2D eigenvalue weighted by Gasteiger charge is 2.42. The molecule has 0 aromatic heterocycles. The van der Waals surface area contributed by atoms with E-state index in [0.717, 1.165) is 25.3 Å². The normalized spacial score (nSPS) is 27.7. The Morgan fingerprint density at radius 2 is 1.95 bits per heavy atom. The largest absolute Gasteiger partial charge is 0.480 e. The van der Waals surface area contributed by atoms with Crippen molar-refractivity contribution in [2.75, 3.05) is 14.2 Å². The lowest BCUT2D eigenvalue weighted by Gasteiger charge is -2.38. The van der Waals surface area contributed by atoms with Crippen molar-refractivity contribution in [1.82, 2.24) is 5.32 Å². The van der Waals surface area contributed by atoms with Gasteiger partial charge in [-0.25, -0.2) is 4.79 Å². The third-order valence-corrected chi connectivity index (χ3v) is 4.64. The number of methoxy groups -OCH3 is 2. The van der Waals surface area contributed by atoms with Gasteiger partial charge in [0.15, 0.2) is 0 Å². The summed E-state index contributed by atoms with van der Waals surface area (Å²) in [6, 6.07) is 0. The number of carbonyl (C=O) groups excluding carboxylic acids is 1. The molecule has 2 N–H and O–H groups in total. The second kappa shape index (κ2) is 8.29. The van der Waals surface area contributed by atoms with Crippen LogP contribution in [0.4, 0.5) is 0 Å². The molecule has 1 fully saturated rings. The maximum absolute atomic E-state index is 11.7. The number of rotatable bonds is 8. The minimum Gasteiger partial charge on any atom is -0.480 e. The number of nitrogens with one attached hydrogen (secondary N) is 1. The fourth-order valence-corrected chi connectivity index (χ4v) is 3.24. The summed E-state index contributed by atoms with van der Waals surface area (Å²) in [6.45, 7) is 5.16. The Morgan fingerprint density at radius 1 is 1.32 bits per heavy atom. The third-order valence-electron chi connectivity index (χ3n) is 4.64. The molecule has 4 atom stereocenters. The standard InChI is InChI=1S/C16H27NO5/c1-5-14(18)17-16(6-2,15(19)20)10-11-7-8-12(21-3)13(9-11)22-4/h5,11-13H,1,6-10H2,2-4H3,(H,17,18)(H,19,20). The smallest absolute Gasteiger partial charge is 0.329 e. The molecule has 1 saturated carbocycles. The molecule has 0 aliphatic heterocycles. The molecule has 22 heavy (non-hydrogen) atoms. The third kappa shape index (κ3) is 4.30. The zero-order valence-electron chi connectivity index (χ0n) is 13.6. The van der Waals surface area contributed by atoms with E-state index in [2.05, 4.69) is 11.9 Å². The maximum Gasteiger partial charge on any atom is 0.329 e. The van der Waals surface area contributed by atoms with Crippen LogP contribution >= 0.6 is 0 Å². The van der Waals surface area contributed by atoms with Crippen molar-refractivity contribution in [2.45, 2.75) is 56.8 Å². The van der Waals surface area contributed by atoms with Gasteiger partial charge in [0.25, 0.3) is 0 Å². The molecule has 0 aromatic rings. The highest BCUT2D eigenvalue weighted by Crippen LogP contribution is 2.34. The number of carboxylic acids is 1. The number of aliphatic carboxylic acids is 1.